The molecule has 1 aliphatic heterocycles. The van der Waals surface area contributed by atoms with Crippen molar-refractivity contribution in [3.05, 3.63) is 35.4 Å². The van der Waals surface area contributed by atoms with Gasteiger partial charge in [-0.3, -0.25) is 0 Å². The van der Waals surface area contributed by atoms with Crippen LogP contribution in [0.4, 0.5) is 13.2 Å². The molecular formula is C15H17F3O4S. The number of hydrogen-bond acceptors (Lipinski definition) is 4. The molecule has 0 bridgehead atoms. The fraction of sp³-hybridized carbons (Fsp3) is 0.467. The van der Waals surface area contributed by atoms with Crippen LogP contribution in [0.2, 0.25) is 0 Å². The first-order valence-corrected chi connectivity index (χ1v) is 8.36. The van der Waals surface area contributed by atoms with Gasteiger partial charge in [-0.25, -0.2) is 0 Å². The van der Waals surface area contributed by atoms with Gasteiger partial charge in [-0.1, -0.05) is 26.8 Å². The highest BCUT2D eigenvalue weighted by Gasteiger charge is 2.49. The summed E-state index contributed by atoms with van der Waals surface area (Å²) in [5.41, 5.74) is -5.16. The van der Waals surface area contributed by atoms with E-state index in [0.29, 0.717) is 6.42 Å². The number of fused-ring (bicyclic) bond motifs is 1. The van der Waals surface area contributed by atoms with Crippen molar-refractivity contribution in [3.63, 3.8) is 0 Å². The van der Waals surface area contributed by atoms with Gasteiger partial charge in [0.2, 0.25) is 0 Å². The summed E-state index contributed by atoms with van der Waals surface area (Å²) in [6.07, 6.45) is 1.98. The highest BCUT2D eigenvalue weighted by Crippen LogP contribution is 2.39. The maximum Gasteiger partial charge on any atom is 0.534 e. The lowest BCUT2D eigenvalue weighted by atomic mass is 9.93. The summed E-state index contributed by atoms with van der Waals surface area (Å²) in [6, 6.07) is 4.95. The number of rotatable bonds is 3. The first-order chi connectivity index (χ1) is 10.5. The minimum absolute atomic E-state index is 0.185. The predicted molar refractivity (Wildman–Crippen MR) is 79.1 cm³/mol. The third kappa shape index (κ3) is 3.80. The van der Waals surface area contributed by atoms with E-state index in [1.54, 1.807) is 32.0 Å². The fourth-order valence-corrected chi connectivity index (χ4v) is 2.56. The molecule has 0 saturated heterocycles. The topological polar surface area (TPSA) is 52.6 Å². The molecule has 0 unspecified atom stereocenters. The first kappa shape index (κ1) is 17.7. The molecule has 0 saturated carbocycles. The SMILES string of the molecule is CCc1ccc2c(c1)C(OS(=O)(=O)C(F)(F)F)=CC(C)(C)CO2. The van der Waals surface area contributed by atoms with Crippen molar-refractivity contribution < 1.29 is 30.5 Å². The maximum absolute atomic E-state index is 12.6. The molecule has 1 aromatic rings. The van der Waals surface area contributed by atoms with Crippen molar-refractivity contribution in [1.29, 1.82) is 0 Å². The van der Waals surface area contributed by atoms with Crippen LogP contribution in [-0.4, -0.2) is 20.5 Å². The largest absolute Gasteiger partial charge is 0.534 e. The van der Waals surface area contributed by atoms with Crippen LogP contribution in [0.25, 0.3) is 5.76 Å². The van der Waals surface area contributed by atoms with E-state index in [2.05, 4.69) is 4.18 Å². The molecule has 1 heterocycles. The lowest BCUT2D eigenvalue weighted by Gasteiger charge is -2.18. The van der Waals surface area contributed by atoms with Gasteiger partial charge < -0.3 is 8.92 Å². The van der Waals surface area contributed by atoms with Crippen LogP contribution >= 0.6 is 0 Å². The third-order valence-corrected chi connectivity index (χ3v) is 4.29. The van der Waals surface area contributed by atoms with Crippen LogP contribution in [0, 0.1) is 5.41 Å². The summed E-state index contributed by atoms with van der Waals surface area (Å²) in [5, 5.41) is 0. The Labute approximate surface area is 133 Å². The summed E-state index contributed by atoms with van der Waals surface area (Å²) < 4.78 is 70.7. The molecule has 0 N–H and O–H groups in total. The van der Waals surface area contributed by atoms with Crippen LogP contribution in [-0.2, 0) is 20.7 Å². The van der Waals surface area contributed by atoms with E-state index in [1.807, 2.05) is 6.92 Å². The third-order valence-electron chi connectivity index (χ3n) is 3.32. The van der Waals surface area contributed by atoms with E-state index in [4.69, 9.17) is 4.74 Å². The number of aryl methyl sites for hydroxylation is 1. The molecule has 128 valence electrons. The fourth-order valence-electron chi connectivity index (χ4n) is 2.09. The number of ether oxygens (including phenoxy) is 1. The van der Waals surface area contributed by atoms with Gasteiger partial charge in [0.1, 0.15) is 5.75 Å². The summed E-state index contributed by atoms with van der Waals surface area (Å²) in [5.74, 6) is -0.0773. The van der Waals surface area contributed by atoms with Crippen LogP contribution in [0.1, 0.15) is 31.9 Å². The average Bonchev–Trinajstić information content (AvgIpc) is 2.53. The second kappa shape index (κ2) is 5.74. The Morgan fingerprint density at radius 2 is 1.96 bits per heavy atom. The van der Waals surface area contributed by atoms with Crippen molar-refractivity contribution >= 4 is 15.9 Å². The average molecular weight is 350 g/mol. The Morgan fingerprint density at radius 3 is 2.52 bits per heavy atom. The molecule has 0 spiro atoms. The summed E-state index contributed by atoms with van der Waals surface area (Å²) >= 11 is 0. The molecule has 0 atom stereocenters. The van der Waals surface area contributed by atoms with Crippen molar-refractivity contribution in [2.75, 3.05) is 6.61 Å². The van der Waals surface area contributed by atoms with E-state index < -0.39 is 21.0 Å². The standard InChI is InChI=1S/C15H17F3O4S/c1-4-10-5-6-12-11(7-10)13(8-14(2,3)9-21-12)22-23(19,20)15(16,17)18/h5-8H,4,9H2,1-3H3. The van der Waals surface area contributed by atoms with Gasteiger partial charge in [0, 0.05) is 5.41 Å². The molecule has 0 aromatic heterocycles. The zero-order chi connectivity index (χ0) is 17.5. The monoisotopic (exact) mass is 350 g/mol. The minimum atomic E-state index is -5.75. The lowest BCUT2D eigenvalue weighted by Crippen LogP contribution is -2.25. The zero-order valence-electron chi connectivity index (χ0n) is 12.9. The predicted octanol–water partition coefficient (Wildman–Crippen LogP) is 3.87. The molecule has 2 rings (SSSR count). The molecule has 8 heteroatoms. The van der Waals surface area contributed by atoms with E-state index in [9.17, 15) is 21.6 Å². The van der Waals surface area contributed by atoms with Crippen molar-refractivity contribution in [2.24, 2.45) is 5.41 Å². The smallest absolute Gasteiger partial charge is 0.492 e. The van der Waals surface area contributed by atoms with E-state index >= 15 is 0 Å². The molecular weight excluding hydrogens is 333 g/mol. The lowest BCUT2D eigenvalue weighted by molar-refractivity contribution is -0.0509. The van der Waals surface area contributed by atoms with Crippen LogP contribution in [0.3, 0.4) is 0 Å². The Bertz CT molecular complexity index is 734. The molecule has 23 heavy (non-hydrogen) atoms. The molecule has 1 aromatic carbocycles. The summed E-state index contributed by atoms with van der Waals surface area (Å²) in [4.78, 5) is 0. The van der Waals surface area contributed by atoms with Gasteiger partial charge in [-0.2, -0.15) is 21.6 Å². The number of benzene rings is 1. The highest BCUT2D eigenvalue weighted by molar-refractivity contribution is 7.87. The van der Waals surface area contributed by atoms with Crippen LogP contribution in [0.5, 0.6) is 5.75 Å². The van der Waals surface area contributed by atoms with Crippen molar-refractivity contribution in [1.82, 2.24) is 0 Å². The van der Waals surface area contributed by atoms with Gasteiger partial charge in [-0.05, 0) is 30.2 Å². The van der Waals surface area contributed by atoms with E-state index in [0.717, 1.165) is 5.56 Å². The Hall–Kier alpha value is -1.70. The molecule has 1 aliphatic rings. The molecule has 0 amide bonds. The summed E-state index contributed by atoms with van der Waals surface area (Å²) in [7, 11) is -5.75. The Morgan fingerprint density at radius 1 is 1.30 bits per heavy atom. The van der Waals surface area contributed by atoms with Gasteiger partial charge in [0.05, 0.1) is 12.2 Å². The van der Waals surface area contributed by atoms with Crippen molar-refractivity contribution in [3.8, 4) is 5.75 Å². The normalized spacial score (nSPS) is 17.6. The van der Waals surface area contributed by atoms with E-state index in [1.165, 1.54) is 6.08 Å². The van der Waals surface area contributed by atoms with Gasteiger partial charge >= 0.3 is 15.6 Å². The minimum Gasteiger partial charge on any atom is -0.492 e. The second-order valence-corrected chi connectivity index (χ2v) is 7.49. The van der Waals surface area contributed by atoms with E-state index in [-0.39, 0.29) is 23.7 Å². The molecule has 0 aliphatic carbocycles. The Kier molecular flexibility index (Phi) is 4.40. The van der Waals surface area contributed by atoms with Crippen LogP contribution in [0.15, 0.2) is 24.3 Å². The summed E-state index contributed by atoms with van der Waals surface area (Å²) in [6.45, 7) is 5.48. The first-order valence-electron chi connectivity index (χ1n) is 6.95. The molecule has 4 nitrogen and oxygen atoms in total. The van der Waals surface area contributed by atoms with Gasteiger partial charge in [-0.15, -0.1) is 0 Å². The highest BCUT2D eigenvalue weighted by atomic mass is 32.2. The molecule has 0 fully saturated rings. The number of alkyl halides is 3. The maximum atomic E-state index is 12.6. The van der Waals surface area contributed by atoms with Gasteiger partial charge in [0.25, 0.3) is 0 Å². The number of hydrogen-bond donors (Lipinski definition) is 0. The number of halogens is 3. The second-order valence-electron chi connectivity index (χ2n) is 5.95. The quantitative estimate of drug-likeness (QED) is 0.613. The van der Waals surface area contributed by atoms with Gasteiger partial charge in [0.15, 0.2) is 5.76 Å². The Balaban J connectivity index is 2.57. The molecule has 0 radical (unpaired) electrons. The van der Waals surface area contributed by atoms with Crippen molar-refractivity contribution in [2.45, 2.75) is 32.7 Å². The zero-order valence-corrected chi connectivity index (χ0v) is 13.7. The van der Waals surface area contributed by atoms with Crippen LogP contribution < -0.4 is 4.74 Å².